The van der Waals surface area contributed by atoms with Gasteiger partial charge in [-0.15, -0.1) is 11.3 Å². The van der Waals surface area contributed by atoms with Crippen molar-refractivity contribution in [1.29, 1.82) is 0 Å². The molecule has 0 aliphatic rings. The van der Waals surface area contributed by atoms with Gasteiger partial charge in [0.25, 0.3) is 0 Å². The highest BCUT2D eigenvalue weighted by molar-refractivity contribution is 7.13. The Labute approximate surface area is 133 Å². The van der Waals surface area contributed by atoms with Gasteiger partial charge in [0.2, 0.25) is 0 Å². The second-order valence-electron chi connectivity index (χ2n) is 4.71. The van der Waals surface area contributed by atoms with Crippen LogP contribution in [0.3, 0.4) is 0 Å². The Morgan fingerprint density at radius 2 is 1.50 bits per heavy atom. The molecule has 5 heteroatoms. The topological polar surface area (TPSA) is 57.4 Å². The minimum atomic E-state index is 0.415. The number of ether oxygens (including phenoxy) is 2. The summed E-state index contributed by atoms with van der Waals surface area (Å²) in [7, 11) is 0. The summed E-state index contributed by atoms with van der Waals surface area (Å²) in [5.41, 5.74) is 7.57. The van der Waals surface area contributed by atoms with E-state index in [-0.39, 0.29) is 0 Å². The molecule has 0 amide bonds. The molecule has 4 nitrogen and oxygen atoms in total. The van der Waals surface area contributed by atoms with Gasteiger partial charge >= 0.3 is 0 Å². The Morgan fingerprint density at radius 3 is 2.09 bits per heavy atom. The van der Waals surface area contributed by atoms with Crippen LogP contribution in [0.25, 0.3) is 0 Å². The van der Waals surface area contributed by atoms with E-state index in [0.29, 0.717) is 18.3 Å². The van der Waals surface area contributed by atoms with Crippen molar-refractivity contribution >= 4 is 16.5 Å². The molecule has 0 aliphatic heterocycles. The Kier molecular flexibility index (Phi) is 4.56. The van der Waals surface area contributed by atoms with Crippen molar-refractivity contribution in [2.45, 2.75) is 13.2 Å². The number of hydrogen-bond donors (Lipinski definition) is 1. The molecule has 0 aliphatic carbocycles. The number of benzene rings is 2. The summed E-state index contributed by atoms with van der Waals surface area (Å²) >= 11 is 1.41. The van der Waals surface area contributed by atoms with Crippen molar-refractivity contribution < 1.29 is 9.47 Å². The van der Waals surface area contributed by atoms with Gasteiger partial charge in [0, 0.05) is 5.38 Å². The fraction of sp³-hybridized carbons (Fsp3) is 0.118. The van der Waals surface area contributed by atoms with E-state index in [4.69, 9.17) is 15.2 Å². The molecule has 112 valence electrons. The van der Waals surface area contributed by atoms with Crippen LogP contribution in [-0.2, 0) is 13.2 Å². The van der Waals surface area contributed by atoms with Crippen LogP contribution in [0.4, 0.5) is 5.13 Å². The standard InChI is InChI=1S/C17H16N2O2S/c18-17-19-14(12-22-17)11-21-16-8-6-15(7-9-16)20-10-13-4-2-1-3-5-13/h1-9,12H,10-11H2,(H2,18,19). The van der Waals surface area contributed by atoms with Gasteiger partial charge in [-0.05, 0) is 29.8 Å². The zero-order valence-electron chi connectivity index (χ0n) is 11.9. The second-order valence-corrected chi connectivity index (χ2v) is 5.60. The zero-order chi connectivity index (χ0) is 15.2. The lowest BCUT2D eigenvalue weighted by Gasteiger charge is -2.08. The SMILES string of the molecule is Nc1nc(COc2ccc(OCc3ccccc3)cc2)cs1. The summed E-state index contributed by atoms with van der Waals surface area (Å²) in [5.74, 6) is 1.59. The number of hydrogen-bond acceptors (Lipinski definition) is 5. The maximum Gasteiger partial charge on any atom is 0.180 e. The molecule has 0 saturated heterocycles. The van der Waals surface area contributed by atoms with Crippen molar-refractivity contribution in [3.05, 3.63) is 71.2 Å². The van der Waals surface area contributed by atoms with Crippen molar-refractivity contribution in [1.82, 2.24) is 4.98 Å². The molecule has 0 spiro atoms. The van der Waals surface area contributed by atoms with Crippen LogP contribution in [0.1, 0.15) is 11.3 Å². The first-order valence-electron chi connectivity index (χ1n) is 6.89. The summed E-state index contributed by atoms with van der Waals surface area (Å²) < 4.78 is 11.4. The van der Waals surface area contributed by atoms with Crippen LogP contribution in [0.5, 0.6) is 11.5 Å². The normalized spacial score (nSPS) is 10.4. The van der Waals surface area contributed by atoms with Gasteiger partial charge in [-0.3, -0.25) is 0 Å². The predicted octanol–water partition coefficient (Wildman–Crippen LogP) is 3.88. The van der Waals surface area contributed by atoms with Crippen molar-refractivity contribution in [2.75, 3.05) is 5.73 Å². The van der Waals surface area contributed by atoms with Gasteiger partial charge in [-0.2, -0.15) is 0 Å². The fourth-order valence-electron chi connectivity index (χ4n) is 1.92. The van der Waals surface area contributed by atoms with Gasteiger partial charge in [-0.25, -0.2) is 4.98 Å². The summed E-state index contributed by atoms with van der Waals surface area (Å²) in [4.78, 5) is 4.15. The second kappa shape index (κ2) is 6.95. The molecule has 1 aromatic heterocycles. The average molecular weight is 312 g/mol. The number of nitrogens with zero attached hydrogens (tertiary/aromatic N) is 1. The highest BCUT2D eigenvalue weighted by Crippen LogP contribution is 2.20. The monoisotopic (exact) mass is 312 g/mol. The quantitative estimate of drug-likeness (QED) is 0.750. The number of nitrogens with two attached hydrogens (primary N) is 1. The van der Waals surface area contributed by atoms with Crippen LogP contribution in [0, 0.1) is 0 Å². The Morgan fingerprint density at radius 1 is 0.864 bits per heavy atom. The van der Waals surface area contributed by atoms with Crippen LogP contribution < -0.4 is 15.2 Å². The van der Waals surface area contributed by atoms with Crippen LogP contribution >= 0.6 is 11.3 Å². The molecule has 0 fully saturated rings. The fourth-order valence-corrected chi connectivity index (χ4v) is 2.47. The molecule has 1 heterocycles. The number of anilines is 1. The summed E-state index contributed by atoms with van der Waals surface area (Å²) in [6.45, 7) is 0.969. The van der Waals surface area contributed by atoms with Crippen molar-refractivity contribution in [3.63, 3.8) is 0 Å². The van der Waals surface area contributed by atoms with Crippen LogP contribution in [-0.4, -0.2) is 4.98 Å². The highest BCUT2D eigenvalue weighted by Gasteiger charge is 2.01. The first-order chi connectivity index (χ1) is 10.8. The summed E-state index contributed by atoms with van der Waals surface area (Å²) in [6.07, 6.45) is 0. The third-order valence-corrected chi connectivity index (χ3v) is 3.75. The largest absolute Gasteiger partial charge is 0.489 e. The Balaban J connectivity index is 1.51. The molecule has 0 saturated carbocycles. The minimum absolute atomic E-state index is 0.415. The lowest BCUT2D eigenvalue weighted by molar-refractivity contribution is 0.295. The summed E-state index contributed by atoms with van der Waals surface area (Å²) in [6, 6.07) is 17.6. The predicted molar refractivity (Wildman–Crippen MR) is 88.1 cm³/mol. The number of rotatable bonds is 6. The van der Waals surface area contributed by atoms with E-state index in [0.717, 1.165) is 22.8 Å². The van der Waals surface area contributed by atoms with Gasteiger partial charge in [0.1, 0.15) is 24.7 Å². The van der Waals surface area contributed by atoms with E-state index in [2.05, 4.69) is 4.98 Å². The van der Waals surface area contributed by atoms with E-state index in [9.17, 15) is 0 Å². The molecule has 2 N–H and O–H groups in total. The maximum absolute atomic E-state index is 5.73. The Hall–Kier alpha value is -2.53. The number of thiazole rings is 1. The molecule has 2 aromatic carbocycles. The molecule has 3 aromatic rings. The lowest BCUT2D eigenvalue weighted by atomic mass is 10.2. The van der Waals surface area contributed by atoms with Crippen molar-refractivity contribution in [3.8, 4) is 11.5 Å². The third-order valence-electron chi connectivity index (χ3n) is 3.03. The Bertz CT molecular complexity index is 711. The molecule has 0 unspecified atom stereocenters. The van der Waals surface area contributed by atoms with Crippen LogP contribution in [0.15, 0.2) is 60.0 Å². The van der Waals surface area contributed by atoms with E-state index in [1.807, 2.05) is 60.0 Å². The molecule has 0 bridgehead atoms. The van der Waals surface area contributed by atoms with E-state index in [1.165, 1.54) is 11.3 Å². The van der Waals surface area contributed by atoms with Crippen molar-refractivity contribution in [2.24, 2.45) is 0 Å². The van der Waals surface area contributed by atoms with Gasteiger partial charge < -0.3 is 15.2 Å². The van der Waals surface area contributed by atoms with E-state index < -0.39 is 0 Å². The third kappa shape index (κ3) is 3.99. The molecule has 3 rings (SSSR count). The molecule has 22 heavy (non-hydrogen) atoms. The maximum atomic E-state index is 5.73. The summed E-state index contributed by atoms with van der Waals surface area (Å²) in [5, 5.41) is 2.45. The van der Waals surface area contributed by atoms with Gasteiger partial charge in [-0.1, -0.05) is 30.3 Å². The van der Waals surface area contributed by atoms with Gasteiger partial charge in [0.05, 0.1) is 5.69 Å². The van der Waals surface area contributed by atoms with Gasteiger partial charge in [0.15, 0.2) is 5.13 Å². The molecular weight excluding hydrogens is 296 g/mol. The number of nitrogen functional groups attached to an aromatic ring is 1. The molecular formula is C17H16N2O2S. The van der Waals surface area contributed by atoms with E-state index >= 15 is 0 Å². The first kappa shape index (κ1) is 14.4. The smallest absolute Gasteiger partial charge is 0.180 e. The average Bonchev–Trinajstić information content (AvgIpc) is 2.98. The first-order valence-corrected chi connectivity index (χ1v) is 7.77. The van der Waals surface area contributed by atoms with E-state index in [1.54, 1.807) is 0 Å². The highest BCUT2D eigenvalue weighted by atomic mass is 32.1. The zero-order valence-corrected chi connectivity index (χ0v) is 12.8. The van der Waals surface area contributed by atoms with Crippen LogP contribution in [0.2, 0.25) is 0 Å². The number of aromatic nitrogens is 1. The lowest BCUT2D eigenvalue weighted by Crippen LogP contribution is -1.97. The molecule has 0 atom stereocenters. The molecule has 0 radical (unpaired) electrons. The minimum Gasteiger partial charge on any atom is -0.489 e.